The number of esters is 1. The lowest BCUT2D eigenvalue weighted by Gasteiger charge is -2.24. The monoisotopic (exact) mass is 594 g/mol. The number of benzene rings is 2. The molecule has 188 valence electrons. The van der Waals surface area contributed by atoms with Crippen molar-refractivity contribution in [2.45, 2.75) is 24.8 Å². The van der Waals surface area contributed by atoms with Gasteiger partial charge in [0.05, 0.1) is 28.5 Å². The van der Waals surface area contributed by atoms with Gasteiger partial charge in [0, 0.05) is 21.0 Å². The van der Waals surface area contributed by atoms with Gasteiger partial charge in [-0.05, 0) is 62.1 Å². The van der Waals surface area contributed by atoms with Crippen LogP contribution in [0.5, 0.6) is 0 Å². The lowest BCUT2D eigenvalue weighted by atomic mass is 9.96. The number of allylic oxidation sites excluding steroid dienone is 1. The van der Waals surface area contributed by atoms with Gasteiger partial charge in [0.15, 0.2) is 4.80 Å². The van der Waals surface area contributed by atoms with Gasteiger partial charge in [-0.2, -0.15) is 0 Å². The summed E-state index contributed by atoms with van der Waals surface area (Å²) in [5.74, 6) is 0.789. The number of ether oxygens (including phenoxy) is 1. The molecule has 5 rings (SSSR count). The number of carbonyl (C=O) groups excluding carboxylic acids is 1. The third-order valence-electron chi connectivity index (χ3n) is 5.96. The second kappa shape index (κ2) is 10.7. The van der Waals surface area contributed by atoms with Gasteiger partial charge in [-0.15, -0.1) is 11.8 Å². The molecule has 0 fully saturated rings. The van der Waals surface area contributed by atoms with Crippen molar-refractivity contribution in [1.82, 2.24) is 4.57 Å². The van der Waals surface area contributed by atoms with Crippen molar-refractivity contribution in [3.63, 3.8) is 0 Å². The maximum absolute atomic E-state index is 13.7. The Balaban J connectivity index is 1.63. The van der Waals surface area contributed by atoms with Crippen LogP contribution in [0.4, 0.5) is 0 Å². The number of hydrogen-bond donors (Lipinski definition) is 0. The topological polar surface area (TPSA) is 73.8 Å². The van der Waals surface area contributed by atoms with Crippen LogP contribution in [-0.2, 0) is 9.53 Å². The van der Waals surface area contributed by atoms with Crippen LogP contribution in [0.2, 0.25) is 0 Å². The molecule has 4 aromatic rings. The second-order valence-corrected chi connectivity index (χ2v) is 11.1. The average Bonchev–Trinajstić information content (AvgIpc) is 3.48. The van der Waals surface area contributed by atoms with Crippen LogP contribution < -0.4 is 14.9 Å². The van der Waals surface area contributed by atoms with Crippen LogP contribution in [0.25, 0.3) is 17.4 Å². The normalized spacial score (nSPS) is 15.5. The first-order chi connectivity index (χ1) is 17.9. The number of furan rings is 1. The minimum atomic E-state index is -0.637. The van der Waals surface area contributed by atoms with E-state index in [2.05, 4.69) is 20.9 Å². The summed E-state index contributed by atoms with van der Waals surface area (Å²) in [6.07, 6.45) is 3.73. The zero-order valence-corrected chi connectivity index (χ0v) is 23.6. The van der Waals surface area contributed by atoms with Crippen molar-refractivity contribution in [3.8, 4) is 11.3 Å². The first-order valence-corrected chi connectivity index (χ1v) is 14.4. The molecule has 0 amide bonds. The molecule has 2 aromatic heterocycles. The second-order valence-electron chi connectivity index (χ2n) is 8.29. The average molecular weight is 596 g/mol. The molecule has 37 heavy (non-hydrogen) atoms. The molecule has 2 aromatic carbocycles. The number of carbonyl (C=O) groups is 1. The molecule has 1 atom stereocenters. The van der Waals surface area contributed by atoms with Gasteiger partial charge in [0.1, 0.15) is 11.5 Å². The Kier molecular flexibility index (Phi) is 7.37. The van der Waals surface area contributed by atoms with E-state index in [4.69, 9.17) is 9.15 Å². The molecule has 0 aliphatic carbocycles. The first kappa shape index (κ1) is 25.5. The molecule has 0 saturated carbocycles. The Hall–Kier alpha value is -3.14. The van der Waals surface area contributed by atoms with Crippen molar-refractivity contribution in [1.29, 1.82) is 0 Å². The predicted molar refractivity (Wildman–Crippen MR) is 150 cm³/mol. The van der Waals surface area contributed by atoms with E-state index >= 15 is 0 Å². The van der Waals surface area contributed by atoms with Crippen LogP contribution in [0, 0.1) is 0 Å². The van der Waals surface area contributed by atoms with E-state index in [1.165, 1.54) is 11.3 Å². The van der Waals surface area contributed by atoms with Crippen LogP contribution in [0.1, 0.15) is 31.2 Å². The van der Waals surface area contributed by atoms with Gasteiger partial charge in [0.25, 0.3) is 5.56 Å². The molecule has 0 spiro atoms. The number of thioether (sulfide) groups is 1. The molecule has 0 saturated heterocycles. The van der Waals surface area contributed by atoms with Crippen LogP contribution in [0.3, 0.4) is 0 Å². The zero-order chi connectivity index (χ0) is 26.1. The van der Waals surface area contributed by atoms with E-state index in [9.17, 15) is 9.59 Å². The van der Waals surface area contributed by atoms with Crippen molar-refractivity contribution < 1.29 is 13.9 Å². The zero-order valence-electron chi connectivity index (χ0n) is 20.4. The molecule has 1 aliphatic rings. The Morgan fingerprint density at radius 1 is 1.22 bits per heavy atom. The number of nitrogens with zero attached hydrogens (tertiary/aromatic N) is 2. The van der Waals surface area contributed by atoms with Gasteiger partial charge >= 0.3 is 5.97 Å². The maximum Gasteiger partial charge on any atom is 0.338 e. The minimum Gasteiger partial charge on any atom is -0.463 e. The highest BCUT2D eigenvalue weighted by molar-refractivity contribution is 9.10. The number of fused-ring (bicyclic) bond motifs is 1. The van der Waals surface area contributed by atoms with E-state index in [1.54, 1.807) is 36.3 Å². The molecule has 6 nitrogen and oxygen atoms in total. The molecule has 3 heterocycles. The lowest BCUT2D eigenvalue weighted by Crippen LogP contribution is -2.39. The summed E-state index contributed by atoms with van der Waals surface area (Å²) in [7, 11) is 0. The fourth-order valence-corrected chi connectivity index (χ4v) is 6.08. The molecular weight excluding hydrogens is 572 g/mol. The predicted octanol–water partition coefficient (Wildman–Crippen LogP) is 5.54. The number of rotatable bonds is 6. The van der Waals surface area contributed by atoms with Crippen molar-refractivity contribution in [3.05, 3.63) is 107 Å². The molecule has 0 unspecified atom stereocenters. The van der Waals surface area contributed by atoms with E-state index < -0.39 is 12.0 Å². The highest BCUT2D eigenvalue weighted by Gasteiger charge is 2.33. The summed E-state index contributed by atoms with van der Waals surface area (Å²) < 4.78 is 14.4. The third-order valence-corrected chi connectivity index (χ3v) is 8.18. The Morgan fingerprint density at radius 2 is 2.00 bits per heavy atom. The summed E-state index contributed by atoms with van der Waals surface area (Å²) in [4.78, 5) is 33.0. The summed E-state index contributed by atoms with van der Waals surface area (Å²) in [6.45, 7) is 3.78. The van der Waals surface area contributed by atoms with E-state index in [-0.39, 0.29) is 12.2 Å². The Bertz CT molecular complexity index is 1700. The summed E-state index contributed by atoms with van der Waals surface area (Å²) >= 11 is 6.38. The van der Waals surface area contributed by atoms with Crippen molar-refractivity contribution in [2.24, 2.45) is 4.99 Å². The van der Waals surface area contributed by atoms with Crippen molar-refractivity contribution >= 4 is 51.1 Å². The molecule has 1 aliphatic heterocycles. The third kappa shape index (κ3) is 5.03. The minimum absolute atomic E-state index is 0.233. The van der Waals surface area contributed by atoms with Gasteiger partial charge in [-0.3, -0.25) is 9.36 Å². The quantitative estimate of drug-likeness (QED) is 0.216. The van der Waals surface area contributed by atoms with E-state index in [0.29, 0.717) is 32.1 Å². The van der Waals surface area contributed by atoms with Gasteiger partial charge in [-0.25, -0.2) is 9.79 Å². The summed E-state index contributed by atoms with van der Waals surface area (Å²) in [6, 6.07) is 18.8. The highest BCUT2D eigenvalue weighted by atomic mass is 79.9. The molecule has 0 radical (unpaired) electrons. The largest absolute Gasteiger partial charge is 0.463 e. The number of hydrogen-bond acceptors (Lipinski definition) is 7. The molecule has 0 N–H and O–H groups in total. The molecule has 0 bridgehead atoms. The van der Waals surface area contributed by atoms with Crippen LogP contribution in [-0.4, -0.2) is 23.4 Å². The number of thiazole rings is 1. The Morgan fingerprint density at radius 3 is 2.70 bits per heavy atom. The van der Waals surface area contributed by atoms with Gasteiger partial charge < -0.3 is 9.15 Å². The van der Waals surface area contributed by atoms with E-state index in [0.717, 1.165) is 20.5 Å². The fourth-order valence-electron chi connectivity index (χ4n) is 4.25. The summed E-state index contributed by atoms with van der Waals surface area (Å²) in [5.41, 5.74) is 2.42. The smallest absolute Gasteiger partial charge is 0.338 e. The Labute approximate surface area is 230 Å². The van der Waals surface area contributed by atoms with Gasteiger partial charge in [0.2, 0.25) is 0 Å². The van der Waals surface area contributed by atoms with Crippen LogP contribution >= 0.6 is 39.0 Å². The SMILES string of the molecule is CCOC(=O)C1=C(C)N=c2s/c(=C\c3ccc(-c4cccc(Br)c4)o3)c(=O)n2[C@H]1c1ccc(SC)cc1. The number of aromatic nitrogens is 1. The fraction of sp³-hybridized carbons (Fsp3) is 0.179. The lowest BCUT2D eigenvalue weighted by molar-refractivity contribution is -0.139. The highest BCUT2D eigenvalue weighted by Crippen LogP contribution is 2.32. The van der Waals surface area contributed by atoms with Crippen LogP contribution in [0.15, 0.2) is 95.5 Å². The first-order valence-electron chi connectivity index (χ1n) is 11.6. The maximum atomic E-state index is 13.7. The van der Waals surface area contributed by atoms with Gasteiger partial charge in [-0.1, -0.05) is 51.5 Å². The van der Waals surface area contributed by atoms with E-state index in [1.807, 2.05) is 66.9 Å². The molecular formula is C28H23BrN2O4S2. The molecule has 9 heteroatoms. The number of halogens is 1. The standard InChI is InChI=1S/C28H23BrN2O4S2/c1-4-34-27(33)24-16(2)30-28-31(25(24)17-8-11-21(36-3)12-9-17)26(32)23(37-28)15-20-10-13-22(35-20)18-6-5-7-19(29)14-18/h5-15,25H,4H2,1-3H3/b23-15-/t25-/m0/s1. The summed E-state index contributed by atoms with van der Waals surface area (Å²) in [5, 5.41) is 0. The van der Waals surface area contributed by atoms with Crippen molar-refractivity contribution in [2.75, 3.05) is 12.9 Å².